The molecule has 6 heteroatoms. The van der Waals surface area contributed by atoms with E-state index in [1.165, 1.54) is 11.9 Å². The molecular weight excluding hydrogens is 360 g/mol. The molecule has 0 saturated heterocycles. The molecule has 3 aromatic rings. The van der Waals surface area contributed by atoms with Gasteiger partial charge in [0, 0.05) is 24.2 Å². The smallest absolute Gasteiger partial charge is 0.270 e. The van der Waals surface area contributed by atoms with Crippen LogP contribution in [-0.4, -0.2) is 22.4 Å². The zero-order valence-corrected chi connectivity index (χ0v) is 15.6. The highest BCUT2D eigenvalue weighted by atomic mass is 35.5. The SMILES string of the molecule is O=C(NCCCc1ccccc1)c1cc(NCc2ccc(Cl)cc2)ncn1. The fraction of sp³-hybridized carbons (Fsp3) is 0.190. The van der Waals surface area contributed by atoms with E-state index < -0.39 is 0 Å². The highest BCUT2D eigenvalue weighted by molar-refractivity contribution is 6.30. The van der Waals surface area contributed by atoms with E-state index in [4.69, 9.17) is 11.6 Å². The average Bonchev–Trinajstić information content (AvgIpc) is 2.71. The lowest BCUT2D eigenvalue weighted by molar-refractivity contribution is 0.0948. The van der Waals surface area contributed by atoms with Gasteiger partial charge in [-0.3, -0.25) is 4.79 Å². The highest BCUT2D eigenvalue weighted by Crippen LogP contribution is 2.11. The Morgan fingerprint density at radius 3 is 2.52 bits per heavy atom. The van der Waals surface area contributed by atoms with Crippen molar-refractivity contribution in [1.82, 2.24) is 15.3 Å². The molecule has 2 aromatic carbocycles. The number of aryl methyl sites for hydroxylation is 1. The van der Waals surface area contributed by atoms with E-state index >= 15 is 0 Å². The van der Waals surface area contributed by atoms with Crippen LogP contribution in [-0.2, 0) is 13.0 Å². The van der Waals surface area contributed by atoms with Crippen molar-refractivity contribution in [3.05, 3.63) is 88.8 Å². The molecule has 1 aromatic heterocycles. The zero-order valence-electron chi connectivity index (χ0n) is 14.9. The van der Waals surface area contributed by atoms with E-state index in [0.29, 0.717) is 29.6 Å². The number of aromatic nitrogens is 2. The van der Waals surface area contributed by atoms with E-state index in [0.717, 1.165) is 18.4 Å². The maximum Gasteiger partial charge on any atom is 0.270 e. The van der Waals surface area contributed by atoms with Crippen molar-refractivity contribution >= 4 is 23.3 Å². The molecule has 0 bridgehead atoms. The topological polar surface area (TPSA) is 66.9 Å². The Morgan fingerprint density at radius 1 is 0.963 bits per heavy atom. The summed E-state index contributed by atoms with van der Waals surface area (Å²) in [6, 6.07) is 19.4. The third-order valence-corrected chi connectivity index (χ3v) is 4.31. The summed E-state index contributed by atoms with van der Waals surface area (Å²) in [6.07, 6.45) is 3.20. The van der Waals surface area contributed by atoms with E-state index in [1.807, 2.05) is 42.5 Å². The maximum absolute atomic E-state index is 12.3. The Morgan fingerprint density at radius 2 is 1.74 bits per heavy atom. The van der Waals surface area contributed by atoms with Crippen LogP contribution >= 0.6 is 11.6 Å². The van der Waals surface area contributed by atoms with Crippen LogP contribution in [0, 0.1) is 0 Å². The lowest BCUT2D eigenvalue weighted by atomic mass is 10.1. The normalized spacial score (nSPS) is 10.4. The second-order valence-electron chi connectivity index (χ2n) is 6.11. The first-order chi connectivity index (χ1) is 13.2. The van der Waals surface area contributed by atoms with Crippen LogP contribution in [0.15, 0.2) is 67.0 Å². The number of hydrogen-bond acceptors (Lipinski definition) is 4. The first kappa shape index (κ1) is 18.9. The van der Waals surface area contributed by atoms with Gasteiger partial charge in [0.15, 0.2) is 0 Å². The van der Waals surface area contributed by atoms with Crippen LogP contribution in [0.5, 0.6) is 0 Å². The number of nitrogens with zero attached hydrogens (tertiary/aromatic N) is 2. The molecule has 2 N–H and O–H groups in total. The summed E-state index contributed by atoms with van der Waals surface area (Å²) in [5, 5.41) is 6.80. The number of amides is 1. The summed E-state index contributed by atoms with van der Waals surface area (Å²) in [4.78, 5) is 20.5. The van der Waals surface area contributed by atoms with Gasteiger partial charge >= 0.3 is 0 Å². The fourth-order valence-electron chi connectivity index (χ4n) is 2.60. The van der Waals surface area contributed by atoms with Gasteiger partial charge in [-0.2, -0.15) is 0 Å². The second-order valence-corrected chi connectivity index (χ2v) is 6.55. The monoisotopic (exact) mass is 380 g/mol. The van der Waals surface area contributed by atoms with Crippen molar-refractivity contribution in [2.75, 3.05) is 11.9 Å². The summed E-state index contributed by atoms with van der Waals surface area (Å²) < 4.78 is 0. The molecule has 0 aliphatic carbocycles. The highest BCUT2D eigenvalue weighted by Gasteiger charge is 2.08. The molecule has 0 aliphatic heterocycles. The number of benzene rings is 2. The van der Waals surface area contributed by atoms with E-state index in [-0.39, 0.29) is 5.91 Å². The fourth-order valence-corrected chi connectivity index (χ4v) is 2.73. The van der Waals surface area contributed by atoms with Gasteiger partial charge in [0.25, 0.3) is 5.91 Å². The van der Waals surface area contributed by atoms with Crippen LogP contribution in [0.1, 0.15) is 28.0 Å². The van der Waals surface area contributed by atoms with Gasteiger partial charge in [-0.15, -0.1) is 0 Å². The average molecular weight is 381 g/mol. The van der Waals surface area contributed by atoms with Gasteiger partial charge in [0.2, 0.25) is 0 Å². The third kappa shape index (κ3) is 6.08. The van der Waals surface area contributed by atoms with Gasteiger partial charge in [-0.05, 0) is 36.1 Å². The lowest BCUT2D eigenvalue weighted by Gasteiger charge is -2.08. The lowest BCUT2D eigenvalue weighted by Crippen LogP contribution is -2.26. The molecule has 0 atom stereocenters. The number of rotatable bonds is 8. The standard InChI is InChI=1S/C21H21ClN4O/c22-18-10-8-17(9-11-18)14-24-20-13-19(25-15-26-20)21(27)23-12-4-7-16-5-2-1-3-6-16/h1-3,5-6,8-11,13,15H,4,7,12,14H2,(H,23,27)(H,24,25,26). The number of nitrogens with one attached hydrogen (secondary N) is 2. The molecule has 0 radical (unpaired) electrons. The minimum absolute atomic E-state index is 0.194. The van der Waals surface area contributed by atoms with Gasteiger partial charge < -0.3 is 10.6 Å². The van der Waals surface area contributed by atoms with Crippen LogP contribution in [0.3, 0.4) is 0 Å². The Balaban J connectivity index is 1.47. The molecule has 3 rings (SSSR count). The van der Waals surface area contributed by atoms with Gasteiger partial charge in [0.1, 0.15) is 17.8 Å². The van der Waals surface area contributed by atoms with Crippen LogP contribution in [0.4, 0.5) is 5.82 Å². The van der Waals surface area contributed by atoms with Crippen molar-refractivity contribution in [3.8, 4) is 0 Å². The summed E-state index contributed by atoms with van der Waals surface area (Å²) >= 11 is 5.89. The van der Waals surface area contributed by atoms with E-state index in [2.05, 4.69) is 32.7 Å². The number of halogens is 1. The van der Waals surface area contributed by atoms with Gasteiger partial charge in [-0.1, -0.05) is 54.1 Å². The molecule has 5 nitrogen and oxygen atoms in total. The Bertz CT molecular complexity index is 869. The van der Waals surface area contributed by atoms with E-state index in [1.54, 1.807) is 6.07 Å². The number of hydrogen-bond donors (Lipinski definition) is 2. The summed E-state index contributed by atoms with van der Waals surface area (Å²) in [5.74, 6) is 0.411. The minimum Gasteiger partial charge on any atom is -0.366 e. The van der Waals surface area contributed by atoms with Gasteiger partial charge in [-0.25, -0.2) is 9.97 Å². The third-order valence-electron chi connectivity index (χ3n) is 4.06. The van der Waals surface area contributed by atoms with Crippen LogP contribution in [0.25, 0.3) is 0 Å². The molecule has 0 fully saturated rings. The largest absolute Gasteiger partial charge is 0.366 e. The van der Waals surface area contributed by atoms with Crippen molar-refractivity contribution < 1.29 is 4.79 Å². The van der Waals surface area contributed by atoms with Crippen molar-refractivity contribution in [1.29, 1.82) is 0 Å². The summed E-state index contributed by atoms with van der Waals surface area (Å²) in [5.41, 5.74) is 2.69. The number of carbonyl (C=O) groups is 1. The Kier molecular flexibility index (Phi) is 6.77. The number of anilines is 1. The zero-order chi connectivity index (χ0) is 18.9. The summed E-state index contributed by atoms with van der Waals surface area (Å²) in [6.45, 7) is 1.19. The molecular formula is C21H21ClN4O. The molecule has 1 amide bonds. The van der Waals surface area contributed by atoms with Crippen molar-refractivity contribution in [3.63, 3.8) is 0 Å². The second kappa shape index (κ2) is 9.69. The molecule has 1 heterocycles. The Hall–Kier alpha value is -2.92. The molecule has 0 unspecified atom stereocenters. The quantitative estimate of drug-likeness (QED) is 0.577. The first-order valence-corrected chi connectivity index (χ1v) is 9.21. The predicted molar refractivity (Wildman–Crippen MR) is 108 cm³/mol. The minimum atomic E-state index is -0.194. The molecule has 0 spiro atoms. The first-order valence-electron chi connectivity index (χ1n) is 8.83. The van der Waals surface area contributed by atoms with E-state index in [9.17, 15) is 4.79 Å². The molecule has 0 saturated carbocycles. The van der Waals surface area contributed by atoms with Crippen LogP contribution in [0.2, 0.25) is 5.02 Å². The van der Waals surface area contributed by atoms with Crippen LogP contribution < -0.4 is 10.6 Å². The number of carbonyl (C=O) groups excluding carboxylic acids is 1. The molecule has 138 valence electrons. The molecule has 0 aliphatic rings. The van der Waals surface area contributed by atoms with Crippen molar-refractivity contribution in [2.45, 2.75) is 19.4 Å². The molecule has 27 heavy (non-hydrogen) atoms. The maximum atomic E-state index is 12.3. The van der Waals surface area contributed by atoms with Gasteiger partial charge in [0.05, 0.1) is 0 Å². The van der Waals surface area contributed by atoms with Crippen molar-refractivity contribution in [2.24, 2.45) is 0 Å². The summed E-state index contributed by atoms with van der Waals surface area (Å²) in [7, 11) is 0. The Labute approximate surface area is 163 Å². The predicted octanol–water partition coefficient (Wildman–Crippen LogP) is 4.10.